The van der Waals surface area contributed by atoms with Crippen molar-refractivity contribution >= 4 is 17.4 Å². The third-order valence-electron chi connectivity index (χ3n) is 7.43. The molecule has 2 aliphatic rings. The van der Waals surface area contributed by atoms with E-state index in [0.717, 1.165) is 47.8 Å². The largest absolute Gasteiger partial charge is 0.370 e. The van der Waals surface area contributed by atoms with E-state index in [1.165, 1.54) is 24.0 Å². The fourth-order valence-corrected chi connectivity index (χ4v) is 5.17. The van der Waals surface area contributed by atoms with Crippen molar-refractivity contribution in [3.8, 4) is 11.1 Å². The summed E-state index contributed by atoms with van der Waals surface area (Å²) in [5.74, 6) is 1.57. The minimum atomic E-state index is -0.0928. The van der Waals surface area contributed by atoms with E-state index in [0.29, 0.717) is 17.4 Å². The molecule has 3 aromatic heterocycles. The maximum absolute atomic E-state index is 13.1. The molecule has 1 N–H and O–H groups in total. The van der Waals surface area contributed by atoms with Crippen molar-refractivity contribution < 1.29 is 4.79 Å². The van der Waals surface area contributed by atoms with Crippen molar-refractivity contribution in [1.82, 2.24) is 24.5 Å². The summed E-state index contributed by atoms with van der Waals surface area (Å²) in [5, 5.41) is 11.9. The molecule has 1 saturated heterocycles. The van der Waals surface area contributed by atoms with Gasteiger partial charge in [0.1, 0.15) is 5.82 Å². The first-order valence-corrected chi connectivity index (χ1v) is 12.6. The smallest absolute Gasteiger partial charge is 0.256 e. The maximum atomic E-state index is 13.1. The Morgan fingerprint density at radius 2 is 1.86 bits per heavy atom. The van der Waals surface area contributed by atoms with Gasteiger partial charge in [0.05, 0.1) is 23.8 Å². The molecule has 0 bridgehead atoms. The number of carbonyl (C=O) groups is 1. The summed E-state index contributed by atoms with van der Waals surface area (Å²) in [5.41, 5.74) is 7.47. The Bertz CT molecular complexity index is 1430. The first-order chi connectivity index (χ1) is 17.4. The Balaban J connectivity index is 1.18. The summed E-state index contributed by atoms with van der Waals surface area (Å²) in [4.78, 5) is 20.0. The van der Waals surface area contributed by atoms with Gasteiger partial charge in [-0.3, -0.25) is 19.1 Å². The van der Waals surface area contributed by atoms with Gasteiger partial charge in [-0.05, 0) is 55.5 Å². The number of anilines is 2. The molecule has 1 amide bonds. The van der Waals surface area contributed by atoms with Gasteiger partial charge in [0.2, 0.25) is 0 Å². The van der Waals surface area contributed by atoms with E-state index >= 15 is 0 Å². The Hall–Kier alpha value is -3.94. The van der Waals surface area contributed by atoms with Crippen LogP contribution in [-0.2, 0) is 14.1 Å². The minimum absolute atomic E-state index is 0.0928. The number of rotatable bonds is 6. The quantitative estimate of drug-likeness (QED) is 0.434. The van der Waals surface area contributed by atoms with Gasteiger partial charge in [0.15, 0.2) is 0 Å². The van der Waals surface area contributed by atoms with Gasteiger partial charge < -0.3 is 10.2 Å². The van der Waals surface area contributed by atoms with Gasteiger partial charge in [-0.15, -0.1) is 0 Å². The number of hydrogen-bond donors (Lipinski definition) is 1. The van der Waals surface area contributed by atoms with E-state index in [1.807, 2.05) is 51.0 Å². The Morgan fingerprint density at radius 3 is 2.64 bits per heavy atom. The number of amides is 1. The second kappa shape index (κ2) is 8.93. The number of nitrogens with one attached hydrogen (secondary N) is 1. The lowest BCUT2D eigenvalue weighted by atomic mass is 9.92. The summed E-state index contributed by atoms with van der Waals surface area (Å²) < 4.78 is 3.57. The fraction of sp³-hybridized carbons (Fsp3) is 0.357. The first-order valence-electron chi connectivity index (χ1n) is 12.6. The van der Waals surface area contributed by atoms with E-state index in [1.54, 1.807) is 9.36 Å². The molecule has 1 aromatic carbocycles. The van der Waals surface area contributed by atoms with Crippen LogP contribution in [0.1, 0.15) is 58.3 Å². The van der Waals surface area contributed by atoms with Crippen LogP contribution >= 0.6 is 0 Å². The first kappa shape index (κ1) is 22.5. The van der Waals surface area contributed by atoms with E-state index in [-0.39, 0.29) is 5.91 Å². The van der Waals surface area contributed by atoms with Gasteiger partial charge in [0, 0.05) is 74.2 Å². The molecule has 0 spiro atoms. The van der Waals surface area contributed by atoms with E-state index < -0.39 is 0 Å². The lowest BCUT2D eigenvalue weighted by Crippen LogP contribution is -2.20. The van der Waals surface area contributed by atoms with Crippen LogP contribution in [0.25, 0.3) is 11.1 Å². The zero-order chi connectivity index (χ0) is 24.8. The van der Waals surface area contributed by atoms with Crippen LogP contribution in [0.2, 0.25) is 0 Å². The van der Waals surface area contributed by atoms with Gasteiger partial charge in [-0.1, -0.05) is 6.07 Å². The number of nitrogens with zero attached hydrogens (tertiary/aromatic N) is 6. The molecule has 2 fully saturated rings. The lowest BCUT2D eigenvalue weighted by molar-refractivity contribution is 0.102. The lowest BCUT2D eigenvalue weighted by Gasteiger charge is -2.20. The molecule has 1 aliphatic carbocycles. The molecule has 184 valence electrons. The van der Waals surface area contributed by atoms with Gasteiger partial charge in [0.25, 0.3) is 5.91 Å². The van der Waals surface area contributed by atoms with E-state index in [9.17, 15) is 4.79 Å². The molecule has 0 radical (unpaired) electrons. The summed E-state index contributed by atoms with van der Waals surface area (Å²) in [6, 6.07) is 10.2. The second-order valence-corrected chi connectivity index (χ2v) is 10.1. The average Bonchev–Trinajstić information content (AvgIpc) is 3.26. The van der Waals surface area contributed by atoms with Crippen molar-refractivity contribution in [3.05, 3.63) is 77.5 Å². The average molecular weight is 482 g/mol. The molecular formula is C28H31N7O. The SMILES string of the molecule is Cc1ccc(C(=O)Nc2cc(C3CC3)nn2C)cc1[C@@H]1CCN(c2cncc(-c3cnn(C)c3)c2)C1. The predicted molar refractivity (Wildman–Crippen MR) is 140 cm³/mol. The van der Waals surface area contributed by atoms with E-state index in [4.69, 9.17) is 0 Å². The maximum Gasteiger partial charge on any atom is 0.256 e. The summed E-state index contributed by atoms with van der Waals surface area (Å²) >= 11 is 0. The van der Waals surface area contributed by atoms with Crippen LogP contribution in [-0.4, -0.2) is 43.5 Å². The highest BCUT2D eigenvalue weighted by Crippen LogP contribution is 2.40. The van der Waals surface area contributed by atoms with Crippen LogP contribution in [0, 0.1) is 6.92 Å². The Labute approximate surface area is 211 Å². The minimum Gasteiger partial charge on any atom is -0.370 e. The van der Waals surface area contributed by atoms with Crippen molar-refractivity contribution in [2.24, 2.45) is 14.1 Å². The number of benzene rings is 1. The number of aryl methyl sites for hydroxylation is 3. The van der Waals surface area contributed by atoms with E-state index in [2.05, 4.69) is 50.5 Å². The number of aromatic nitrogens is 5. The zero-order valence-corrected chi connectivity index (χ0v) is 21.0. The monoisotopic (exact) mass is 481 g/mol. The standard InChI is InChI=1S/C28H31N7O/c1-18-4-5-20(28(36)31-27-12-26(19-6-7-19)32-34(27)3)11-25(18)21-8-9-35(17-21)24-10-22(13-29-15-24)23-14-30-33(2)16-23/h4-5,10-16,19,21H,6-9,17H2,1-3H3,(H,31,36)/t21-/m1/s1. The molecule has 8 nitrogen and oxygen atoms in total. The van der Waals surface area contributed by atoms with Gasteiger partial charge in [-0.2, -0.15) is 10.2 Å². The molecule has 1 saturated carbocycles. The fourth-order valence-electron chi connectivity index (χ4n) is 5.17. The third kappa shape index (κ3) is 4.39. The Morgan fingerprint density at radius 1 is 1.00 bits per heavy atom. The number of pyridine rings is 1. The topological polar surface area (TPSA) is 80.9 Å². The molecule has 1 atom stereocenters. The highest BCUT2D eigenvalue weighted by Gasteiger charge is 2.28. The van der Waals surface area contributed by atoms with Crippen molar-refractivity contribution in [2.75, 3.05) is 23.3 Å². The zero-order valence-electron chi connectivity index (χ0n) is 21.0. The molecule has 36 heavy (non-hydrogen) atoms. The molecule has 0 unspecified atom stereocenters. The number of carbonyl (C=O) groups excluding carboxylic acids is 1. The predicted octanol–water partition coefficient (Wildman–Crippen LogP) is 4.65. The molecular weight excluding hydrogens is 450 g/mol. The van der Waals surface area contributed by atoms with Crippen molar-refractivity contribution in [3.63, 3.8) is 0 Å². The number of hydrogen-bond acceptors (Lipinski definition) is 5. The molecule has 6 rings (SSSR count). The normalized spacial score (nSPS) is 17.5. The van der Waals surface area contributed by atoms with Gasteiger partial charge in [-0.25, -0.2) is 0 Å². The highest BCUT2D eigenvalue weighted by molar-refractivity contribution is 6.04. The summed E-state index contributed by atoms with van der Waals surface area (Å²) in [6.07, 6.45) is 11.1. The van der Waals surface area contributed by atoms with Crippen molar-refractivity contribution in [2.45, 2.75) is 38.0 Å². The molecule has 4 aromatic rings. The summed E-state index contributed by atoms with van der Waals surface area (Å²) in [6.45, 7) is 3.99. The van der Waals surface area contributed by atoms with Crippen LogP contribution in [0.5, 0.6) is 0 Å². The van der Waals surface area contributed by atoms with Crippen LogP contribution in [0.4, 0.5) is 11.5 Å². The van der Waals surface area contributed by atoms with Crippen LogP contribution in [0.15, 0.2) is 55.1 Å². The van der Waals surface area contributed by atoms with Crippen LogP contribution in [0.3, 0.4) is 0 Å². The van der Waals surface area contributed by atoms with Crippen LogP contribution < -0.4 is 10.2 Å². The molecule has 1 aliphatic heterocycles. The highest BCUT2D eigenvalue weighted by atomic mass is 16.1. The molecule has 4 heterocycles. The Kier molecular flexibility index (Phi) is 5.59. The summed E-state index contributed by atoms with van der Waals surface area (Å²) in [7, 11) is 3.80. The molecule has 8 heteroatoms. The van der Waals surface area contributed by atoms with Crippen molar-refractivity contribution in [1.29, 1.82) is 0 Å². The third-order valence-corrected chi connectivity index (χ3v) is 7.43. The second-order valence-electron chi connectivity index (χ2n) is 10.1. The van der Waals surface area contributed by atoms with Gasteiger partial charge >= 0.3 is 0 Å².